The number of nitrogens with one attached hydrogen (secondary N) is 1. The molecule has 22 heteroatoms. The molecule has 2 aliphatic rings. The number of anilines is 1. The van der Waals surface area contributed by atoms with Crippen LogP contribution < -0.4 is 56.0 Å². The second kappa shape index (κ2) is 15.5. The predicted octanol–water partition coefficient (Wildman–Crippen LogP) is -3.74. The van der Waals surface area contributed by atoms with E-state index in [-0.39, 0.29) is 74.3 Å². The molecule has 1 saturated heterocycles. The van der Waals surface area contributed by atoms with Crippen LogP contribution in [0.3, 0.4) is 0 Å². The fourth-order valence-corrected chi connectivity index (χ4v) is 6.48. The molecule has 18 nitrogen and oxygen atoms in total. The van der Waals surface area contributed by atoms with E-state index in [0.29, 0.717) is 11.8 Å². The van der Waals surface area contributed by atoms with E-state index in [1.807, 2.05) is 0 Å². The van der Waals surface area contributed by atoms with Crippen LogP contribution >= 0.6 is 34.9 Å². The van der Waals surface area contributed by atoms with E-state index in [0.717, 1.165) is 23.1 Å². The molecule has 0 bridgehead atoms. The summed E-state index contributed by atoms with van der Waals surface area (Å²) in [6.45, 7) is 4.45. The molecule has 242 valence electrons. The third-order valence-electron chi connectivity index (χ3n) is 5.96. The fraction of sp³-hybridized carbons (Fsp3) is 0.458. The van der Waals surface area contributed by atoms with Crippen LogP contribution in [-0.2, 0) is 35.7 Å². The van der Waals surface area contributed by atoms with Gasteiger partial charge in [0.05, 0.1) is 11.5 Å². The first-order valence-corrected chi connectivity index (χ1v) is 15.5. The number of nitrogens with zero attached hydrogens (tertiary/aromatic N) is 6. The maximum Gasteiger partial charge on any atom is 1.00 e. The molecule has 4 heterocycles. The molecule has 2 aromatic heterocycles. The zero-order valence-corrected chi connectivity index (χ0v) is 29.9. The van der Waals surface area contributed by atoms with Gasteiger partial charge in [-0.1, -0.05) is 16.9 Å². The molecule has 4 rings (SSSR count). The Kier molecular flexibility index (Phi) is 12.5. The predicted molar refractivity (Wildman–Crippen MR) is 158 cm³/mol. The minimum Gasteiger partial charge on any atom is -0.498 e. The average Bonchev–Trinajstić information content (AvgIpc) is 3.37. The second-order valence-electron chi connectivity index (χ2n) is 10.2. The molecular formula is C24H27N8NaO10S3. The van der Waals surface area contributed by atoms with E-state index in [2.05, 4.69) is 25.5 Å². The van der Waals surface area contributed by atoms with Crippen LogP contribution in [0.15, 0.2) is 31.3 Å². The maximum absolute atomic E-state index is 13.1. The number of fused-ring (bicyclic) bond motifs is 1. The monoisotopic (exact) mass is 706 g/mol. The second-order valence-corrected chi connectivity index (χ2v) is 13.2. The summed E-state index contributed by atoms with van der Waals surface area (Å²) in [5, 5.41) is 23.3. The summed E-state index contributed by atoms with van der Waals surface area (Å²) in [5.74, 6) is -1.82. The number of aryl methyl sites for hydroxylation is 1. The SMILES string of the molecule is CO/N=C(\C(=O)N[C@@H]1CN2C(OC(=O)[O-])=C(CSc3nc(=O)c(OCOC(=O)C(C)(C)C)nn3C)SC(=O)[C@@H]12)c1csc(N)n1.[Na+]. The van der Waals surface area contributed by atoms with Gasteiger partial charge in [-0.05, 0) is 32.5 Å². The Hall–Kier alpha value is -3.37. The Morgan fingerprint density at radius 3 is 2.59 bits per heavy atom. The molecule has 1 fully saturated rings. The van der Waals surface area contributed by atoms with Gasteiger partial charge in [-0.25, -0.2) is 9.67 Å². The van der Waals surface area contributed by atoms with Crippen molar-refractivity contribution >= 4 is 68.9 Å². The molecule has 2 aliphatic heterocycles. The molecule has 46 heavy (non-hydrogen) atoms. The topological polar surface area (TPSA) is 243 Å². The first-order valence-electron chi connectivity index (χ1n) is 12.8. The fourth-order valence-electron chi connectivity index (χ4n) is 3.86. The normalized spacial score (nSPS) is 17.7. The number of carboxylic acid groups (broad SMARTS) is 1. The Labute approximate surface area is 295 Å². The van der Waals surface area contributed by atoms with Gasteiger partial charge in [-0.15, -0.1) is 16.4 Å². The molecule has 1 amide bonds. The molecule has 3 N–H and O–H groups in total. The summed E-state index contributed by atoms with van der Waals surface area (Å²) >= 11 is 2.79. The van der Waals surface area contributed by atoms with Gasteiger partial charge >= 0.3 is 47.0 Å². The number of nitrogen functional groups attached to an aromatic ring is 1. The molecule has 0 saturated carbocycles. The average molecular weight is 707 g/mol. The summed E-state index contributed by atoms with van der Waals surface area (Å²) < 4.78 is 16.3. The van der Waals surface area contributed by atoms with Crippen molar-refractivity contribution < 1.29 is 72.9 Å². The third-order valence-corrected chi connectivity index (χ3v) is 8.87. The van der Waals surface area contributed by atoms with Gasteiger partial charge in [0.2, 0.25) is 11.9 Å². The first kappa shape index (κ1) is 37.1. The van der Waals surface area contributed by atoms with Crippen molar-refractivity contribution in [1.29, 1.82) is 0 Å². The number of oxime groups is 1. The molecule has 0 radical (unpaired) electrons. The number of amides is 1. The summed E-state index contributed by atoms with van der Waals surface area (Å²) in [6.07, 6.45) is -1.86. The van der Waals surface area contributed by atoms with E-state index in [1.54, 1.807) is 20.8 Å². The number of hydrogen-bond acceptors (Lipinski definition) is 19. The molecule has 0 aliphatic carbocycles. The molecule has 0 unspecified atom stereocenters. The van der Waals surface area contributed by atoms with E-state index >= 15 is 0 Å². The van der Waals surface area contributed by atoms with Gasteiger partial charge in [0.15, 0.2) is 16.0 Å². The van der Waals surface area contributed by atoms with Crippen LogP contribution in [0, 0.1) is 5.41 Å². The van der Waals surface area contributed by atoms with Gasteiger partial charge < -0.3 is 44.9 Å². The minimum absolute atomic E-state index is 0. The third kappa shape index (κ3) is 8.70. The van der Waals surface area contributed by atoms with Crippen molar-refractivity contribution in [3.8, 4) is 5.88 Å². The number of hydrogen-bond donors (Lipinski definition) is 2. The van der Waals surface area contributed by atoms with Crippen LogP contribution in [0.25, 0.3) is 0 Å². The molecule has 0 spiro atoms. The van der Waals surface area contributed by atoms with Crippen molar-refractivity contribution in [1.82, 2.24) is 30.0 Å². The number of esters is 1. The van der Waals surface area contributed by atoms with Crippen molar-refractivity contribution in [2.75, 3.05) is 31.9 Å². The van der Waals surface area contributed by atoms with Gasteiger partial charge in [0.25, 0.3) is 12.1 Å². The number of carbonyl (C=O) groups excluding carboxylic acids is 4. The number of thiazole rings is 1. The number of carbonyl (C=O) groups is 4. The molecule has 2 aromatic rings. The summed E-state index contributed by atoms with van der Waals surface area (Å²) in [4.78, 5) is 76.2. The number of thioether (sulfide) groups is 2. The quantitative estimate of drug-likeness (QED) is 0.0569. The van der Waals surface area contributed by atoms with Crippen LogP contribution in [-0.4, -0.2) is 91.8 Å². The van der Waals surface area contributed by atoms with Gasteiger partial charge in [-0.2, -0.15) is 4.98 Å². The van der Waals surface area contributed by atoms with Crippen LogP contribution in [0.2, 0.25) is 0 Å². The van der Waals surface area contributed by atoms with Gasteiger partial charge in [0.1, 0.15) is 24.7 Å². The Morgan fingerprint density at radius 1 is 1.26 bits per heavy atom. The van der Waals surface area contributed by atoms with Crippen molar-refractivity contribution in [3.05, 3.63) is 32.2 Å². The van der Waals surface area contributed by atoms with Crippen LogP contribution in [0.5, 0.6) is 5.88 Å². The summed E-state index contributed by atoms with van der Waals surface area (Å²) in [7, 11) is 2.73. The van der Waals surface area contributed by atoms with Crippen LogP contribution in [0.1, 0.15) is 26.5 Å². The zero-order chi connectivity index (χ0) is 33.1. The molecular weight excluding hydrogens is 680 g/mol. The standard InChI is InChI=1S/C24H28N8O10S3.Na/c1-24(2,3)20(36)41-9-40-17-16(34)28-22(31(4)29-17)44-8-12-18(42-23(37)38)32-6-10(14(32)19(35)45-12)26-15(33)13(30-39-5)11-7-43-21(25)27-11;/h7,10,14H,6,8-9H2,1-5H3,(H2,25,27)(H,26,33)(H,37,38);/q;+1/p-1/b30-13-;/t10-,14-;/m1./s1. The zero-order valence-electron chi connectivity index (χ0n) is 25.4. The van der Waals surface area contributed by atoms with Gasteiger partial charge in [-0.3, -0.25) is 19.2 Å². The summed E-state index contributed by atoms with van der Waals surface area (Å²) in [6, 6.07) is -1.69. The Bertz CT molecular complexity index is 1640. The smallest absolute Gasteiger partial charge is 0.498 e. The minimum atomic E-state index is -1.86. The molecule has 2 atom stereocenters. The maximum atomic E-state index is 13.1. The first-order chi connectivity index (χ1) is 21.2. The van der Waals surface area contributed by atoms with E-state index in [9.17, 15) is 29.1 Å². The Balaban J connectivity index is 0.00000576. The largest absolute Gasteiger partial charge is 1.00 e. The van der Waals surface area contributed by atoms with E-state index < -0.39 is 58.9 Å². The number of aromatic nitrogens is 4. The van der Waals surface area contributed by atoms with Crippen molar-refractivity contribution in [2.45, 2.75) is 38.0 Å². The van der Waals surface area contributed by atoms with Crippen molar-refractivity contribution in [3.63, 3.8) is 0 Å². The van der Waals surface area contributed by atoms with Crippen molar-refractivity contribution in [2.24, 2.45) is 17.6 Å². The van der Waals surface area contributed by atoms with E-state index in [1.165, 1.54) is 29.1 Å². The van der Waals surface area contributed by atoms with E-state index in [4.69, 9.17) is 24.8 Å². The number of ether oxygens (including phenoxy) is 3. The van der Waals surface area contributed by atoms with Gasteiger partial charge in [0, 0.05) is 29.6 Å². The Morgan fingerprint density at radius 2 is 1.98 bits per heavy atom. The number of rotatable bonds is 11. The molecule has 0 aromatic carbocycles. The van der Waals surface area contributed by atoms with Crippen LogP contribution in [0.4, 0.5) is 9.93 Å². The number of nitrogens with two attached hydrogens (primary N) is 1. The summed E-state index contributed by atoms with van der Waals surface area (Å²) in [5.41, 5.74) is 4.07.